The van der Waals surface area contributed by atoms with Gasteiger partial charge in [0.25, 0.3) is 0 Å². The number of hydrogen-bond acceptors (Lipinski definition) is 3. The van der Waals surface area contributed by atoms with E-state index in [1.807, 2.05) is 24.3 Å². The predicted octanol–water partition coefficient (Wildman–Crippen LogP) is 5.73. The van der Waals surface area contributed by atoms with Gasteiger partial charge in [-0.15, -0.1) is 0 Å². The molecule has 0 atom stereocenters. The highest BCUT2D eigenvalue weighted by Gasteiger charge is 2.06. The molecule has 6 heteroatoms. The van der Waals surface area contributed by atoms with Crippen LogP contribution in [0, 0.1) is 0 Å². The van der Waals surface area contributed by atoms with Crippen molar-refractivity contribution >= 4 is 57.5 Å². The van der Waals surface area contributed by atoms with Crippen molar-refractivity contribution in [1.29, 1.82) is 0 Å². The second-order valence-electron chi connectivity index (χ2n) is 6.17. The van der Waals surface area contributed by atoms with Crippen LogP contribution in [0.1, 0.15) is 24.6 Å². The normalized spacial score (nSPS) is 11.2. The first kappa shape index (κ1) is 19.2. The Labute approximate surface area is 168 Å². The van der Waals surface area contributed by atoms with Gasteiger partial charge in [-0.3, -0.25) is 9.78 Å². The third kappa shape index (κ3) is 4.79. The molecular weight excluding hydrogens is 381 g/mol. The van der Waals surface area contributed by atoms with E-state index in [2.05, 4.69) is 17.2 Å². The van der Waals surface area contributed by atoms with E-state index >= 15 is 0 Å². The molecule has 1 heterocycles. The van der Waals surface area contributed by atoms with Gasteiger partial charge in [-0.2, -0.15) is 0 Å². The molecule has 27 heavy (non-hydrogen) atoms. The van der Waals surface area contributed by atoms with Crippen LogP contribution in [-0.2, 0) is 11.2 Å². The van der Waals surface area contributed by atoms with Crippen molar-refractivity contribution in [3.8, 4) is 0 Å². The smallest absolute Gasteiger partial charge is 0.248 e. The van der Waals surface area contributed by atoms with Crippen molar-refractivity contribution in [1.82, 2.24) is 4.98 Å². The van der Waals surface area contributed by atoms with Crippen molar-refractivity contribution < 1.29 is 4.79 Å². The molecule has 0 aliphatic rings. The molecule has 0 fully saturated rings. The van der Waals surface area contributed by atoms with Crippen LogP contribution < -0.4 is 11.1 Å². The summed E-state index contributed by atoms with van der Waals surface area (Å²) in [6, 6.07) is 12.5. The summed E-state index contributed by atoms with van der Waals surface area (Å²) in [4.78, 5) is 16.8. The van der Waals surface area contributed by atoms with E-state index in [9.17, 15) is 4.79 Å². The molecule has 3 rings (SSSR count). The lowest BCUT2D eigenvalue weighted by atomic mass is 10.1. The number of hydrogen-bond donors (Lipinski definition) is 2. The minimum atomic E-state index is -0.269. The molecule has 0 saturated carbocycles. The molecule has 1 amide bonds. The molecular formula is C21H19Cl2N3O. The molecule has 0 unspecified atom stereocenters. The number of carbonyl (C=O) groups is 1. The molecule has 0 saturated heterocycles. The van der Waals surface area contributed by atoms with Gasteiger partial charge in [0.05, 0.1) is 5.52 Å². The van der Waals surface area contributed by atoms with Gasteiger partial charge in [0.1, 0.15) is 0 Å². The fourth-order valence-electron chi connectivity index (χ4n) is 2.76. The van der Waals surface area contributed by atoms with E-state index in [0.29, 0.717) is 27.0 Å². The van der Waals surface area contributed by atoms with Crippen LogP contribution >= 0.6 is 23.2 Å². The number of aryl methyl sites for hydroxylation is 1. The number of halogens is 2. The maximum absolute atomic E-state index is 12.2. The zero-order chi connectivity index (χ0) is 19.4. The Morgan fingerprint density at radius 2 is 2.00 bits per heavy atom. The first-order valence-electron chi connectivity index (χ1n) is 8.59. The van der Waals surface area contributed by atoms with Gasteiger partial charge in [-0.1, -0.05) is 42.6 Å². The van der Waals surface area contributed by atoms with Crippen molar-refractivity contribution in [3.05, 3.63) is 69.8 Å². The van der Waals surface area contributed by atoms with Gasteiger partial charge in [0.15, 0.2) is 0 Å². The Kier molecular flexibility index (Phi) is 5.99. The summed E-state index contributed by atoms with van der Waals surface area (Å²) in [7, 11) is 0. The molecule has 0 bridgehead atoms. The van der Waals surface area contributed by atoms with Crippen molar-refractivity contribution in [2.24, 2.45) is 0 Å². The predicted molar refractivity (Wildman–Crippen MR) is 114 cm³/mol. The number of nitrogens with two attached hydrogens (primary N) is 1. The Bertz CT molecular complexity index is 1030. The van der Waals surface area contributed by atoms with Crippen LogP contribution in [0.2, 0.25) is 10.0 Å². The van der Waals surface area contributed by atoms with Crippen molar-refractivity contribution in [3.63, 3.8) is 0 Å². The molecule has 0 aliphatic heterocycles. The number of anilines is 2. The maximum Gasteiger partial charge on any atom is 0.248 e. The average molecular weight is 400 g/mol. The number of nitrogens with one attached hydrogen (secondary N) is 1. The topological polar surface area (TPSA) is 68.0 Å². The van der Waals surface area contributed by atoms with Gasteiger partial charge < -0.3 is 11.1 Å². The first-order valence-corrected chi connectivity index (χ1v) is 9.35. The fourth-order valence-corrected chi connectivity index (χ4v) is 3.23. The van der Waals surface area contributed by atoms with Crippen molar-refractivity contribution in [2.75, 3.05) is 11.1 Å². The van der Waals surface area contributed by atoms with Gasteiger partial charge in [0, 0.05) is 38.6 Å². The van der Waals surface area contributed by atoms with Gasteiger partial charge in [-0.25, -0.2) is 0 Å². The SMILES string of the molecule is CCCc1cc(N)c2cc(NC(=O)/C=C/c3ccc(Cl)cc3Cl)ccc2n1. The Hall–Kier alpha value is -2.56. The highest BCUT2D eigenvalue weighted by Crippen LogP contribution is 2.25. The molecule has 0 aliphatic carbocycles. The number of fused-ring (bicyclic) bond motifs is 1. The highest BCUT2D eigenvalue weighted by atomic mass is 35.5. The largest absolute Gasteiger partial charge is 0.398 e. The summed E-state index contributed by atoms with van der Waals surface area (Å²) in [5.74, 6) is -0.269. The van der Waals surface area contributed by atoms with Crippen molar-refractivity contribution in [2.45, 2.75) is 19.8 Å². The second-order valence-corrected chi connectivity index (χ2v) is 7.02. The minimum Gasteiger partial charge on any atom is -0.398 e. The number of benzene rings is 2. The van der Waals surface area contributed by atoms with E-state index in [1.54, 1.807) is 24.3 Å². The van der Waals surface area contributed by atoms with Crippen LogP contribution in [-0.4, -0.2) is 10.9 Å². The quantitative estimate of drug-likeness (QED) is 0.538. The average Bonchev–Trinajstić information content (AvgIpc) is 2.62. The molecule has 2 aromatic carbocycles. The first-order chi connectivity index (χ1) is 13.0. The number of carbonyl (C=O) groups excluding carboxylic acids is 1. The third-order valence-electron chi connectivity index (χ3n) is 4.04. The van der Waals surface area contributed by atoms with E-state index in [0.717, 1.165) is 29.4 Å². The lowest BCUT2D eigenvalue weighted by molar-refractivity contribution is -0.111. The molecule has 1 aromatic heterocycles. The van der Waals surface area contributed by atoms with E-state index in [-0.39, 0.29) is 5.91 Å². The zero-order valence-electron chi connectivity index (χ0n) is 14.8. The summed E-state index contributed by atoms with van der Waals surface area (Å²) >= 11 is 12.0. The fraction of sp³-hybridized carbons (Fsp3) is 0.143. The summed E-state index contributed by atoms with van der Waals surface area (Å²) < 4.78 is 0. The van der Waals surface area contributed by atoms with Crippen LogP contribution in [0.25, 0.3) is 17.0 Å². The van der Waals surface area contributed by atoms with E-state index < -0.39 is 0 Å². The molecule has 138 valence electrons. The van der Waals surface area contributed by atoms with Crippen LogP contribution in [0.4, 0.5) is 11.4 Å². The second kappa shape index (κ2) is 8.42. The zero-order valence-corrected chi connectivity index (χ0v) is 16.3. The van der Waals surface area contributed by atoms with Gasteiger partial charge in [0.2, 0.25) is 5.91 Å². The lowest BCUT2D eigenvalue weighted by Crippen LogP contribution is -2.08. The number of nitrogens with zero attached hydrogens (tertiary/aromatic N) is 1. The van der Waals surface area contributed by atoms with Gasteiger partial charge in [-0.05, 0) is 54.5 Å². The van der Waals surface area contributed by atoms with Crippen LogP contribution in [0.5, 0.6) is 0 Å². The molecule has 3 aromatic rings. The molecule has 3 N–H and O–H groups in total. The number of rotatable bonds is 5. The van der Waals surface area contributed by atoms with Gasteiger partial charge >= 0.3 is 0 Å². The summed E-state index contributed by atoms with van der Waals surface area (Å²) in [6.45, 7) is 2.10. The maximum atomic E-state index is 12.2. The highest BCUT2D eigenvalue weighted by molar-refractivity contribution is 6.35. The number of pyridine rings is 1. The monoisotopic (exact) mass is 399 g/mol. The number of amides is 1. The van der Waals surface area contributed by atoms with Crippen LogP contribution in [0.3, 0.4) is 0 Å². The molecule has 0 radical (unpaired) electrons. The standard InChI is InChI=1S/C21H19Cl2N3O/c1-2-3-15-12-19(24)17-11-16(7-8-20(17)25-15)26-21(27)9-5-13-4-6-14(22)10-18(13)23/h4-12H,2-3H2,1H3,(H2,24,25)(H,26,27)/b9-5+. The Morgan fingerprint density at radius 3 is 2.74 bits per heavy atom. The summed E-state index contributed by atoms with van der Waals surface area (Å²) in [6.07, 6.45) is 4.96. The third-order valence-corrected chi connectivity index (χ3v) is 4.61. The lowest BCUT2D eigenvalue weighted by Gasteiger charge is -2.08. The molecule has 4 nitrogen and oxygen atoms in total. The summed E-state index contributed by atoms with van der Waals surface area (Å²) in [5.41, 5.74) is 9.97. The Balaban J connectivity index is 1.77. The van der Waals surface area contributed by atoms with E-state index in [1.165, 1.54) is 6.08 Å². The number of nitrogen functional groups attached to an aromatic ring is 1. The molecule has 0 spiro atoms. The minimum absolute atomic E-state index is 0.269. The number of aromatic nitrogens is 1. The van der Waals surface area contributed by atoms with E-state index in [4.69, 9.17) is 28.9 Å². The Morgan fingerprint density at radius 1 is 1.19 bits per heavy atom. The van der Waals surface area contributed by atoms with Crippen LogP contribution in [0.15, 0.2) is 48.5 Å². The summed E-state index contributed by atoms with van der Waals surface area (Å²) in [5, 5.41) is 4.67.